The van der Waals surface area contributed by atoms with E-state index in [1.165, 1.54) is 13.2 Å². The monoisotopic (exact) mass is 468 g/mol. The second-order valence-electron chi connectivity index (χ2n) is 8.13. The maximum Gasteiger partial charge on any atom is 0.328 e. The molecule has 0 saturated carbocycles. The number of amides is 2. The lowest BCUT2D eigenvalue weighted by Gasteiger charge is -2.21. The van der Waals surface area contributed by atoms with E-state index < -0.39 is 24.0 Å². The summed E-state index contributed by atoms with van der Waals surface area (Å²) in [6, 6.07) is 6.43. The highest BCUT2D eigenvalue weighted by Crippen LogP contribution is 2.22. The van der Waals surface area contributed by atoms with E-state index in [2.05, 4.69) is 28.4 Å². The van der Waals surface area contributed by atoms with Crippen LogP contribution in [0.1, 0.15) is 37.7 Å². The molecule has 1 aromatic carbocycles. The molecule has 0 spiro atoms. The summed E-state index contributed by atoms with van der Waals surface area (Å²) in [5.74, 6) is -1.21. The van der Waals surface area contributed by atoms with Crippen LogP contribution >= 0.6 is 0 Å². The Hall–Kier alpha value is -3.39. The largest absolute Gasteiger partial charge is 0.467 e. The fourth-order valence-corrected chi connectivity index (χ4v) is 3.88. The summed E-state index contributed by atoms with van der Waals surface area (Å²) in [5.41, 5.74) is 7.74. The number of methoxy groups -OCH3 is 1. The molecule has 0 bridgehead atoms. The molecule has 8 heteroatoms. The molecule has 2 atom stereocenters. The maximum atomic E-state index is 12.9. The average Bonchev–Trinajstić information content (AvgIpc) is 3.19. The first-order valence-corrected chi connectivity index (χ1v) is 11.6. The average molecular weight is 469 g/mol. The SMILES string of the molecule is C=CC[C@H](NC(=O)[C@H](CCCCN)NC(=O)CCc1cn(CC=C)c2ccccc12)C(=O)OC. The highest BCUT2D eigenvalue weighted by molar-refractivity contribution is 5.91. The van der Waals surface area contributed by atoms with Gasteiger partial charge in [-0.1, -0.05) is 30.4 Å². The van der Waals surface area contributed by atoms with Gasteiger partial charge < -0.3 is 25.7 Å². The van der Waals surface area contributed by atoms with Gasteiger partial charge in [-0.25, -0.2) is 4.79 Å². The van der Waals surface area contributed by atoms with E-state index in [1.807, 2.05) is 36.5 Å². The van der Waals surface area contributed by atoms with Gasteiger partial charge in [-0.15, -0.1) is 13.2 Å². The second kappa shape index (κ2) is 14.0. The minimum atomic E-state index is -0.847. The quantitative estimate of drug-likeness (QED) is 0.211. The third-order valence-electron chi connectivity index (χ3n) is 5.62. The van der Waals surface area contributed by atoms with Crippen LogP contribution in [0.3, 0.4) is 0 Å². The fourth-order valence-electron chi connectivity index (χ4n) is 3.88. The van der Waals surface area contributed by atoms with Crippen LogP contribution in [0.15, 0.2) is 55.8 Å². The van der Waals surface area contributed by atoms with Crippen molar-refractivity contribution >= 4 is 28.7 Å². The molecule has 2 aromatic rings. The fraction of sp³-hybridized carbons (Fsp3) is 0.423. The highest BCUT2D eigenvalue weighted by atomic mass is 16.5. The zero-order chi connectivity index (χ0) is 24.9. The predicted molar refractivity (Wildman–Crippen MR) is 134 cm³/mol. The normalized spacial score (nSPS) is 12.5. The number of hydrogen-bond donors (Lipinski definition) is 3. The molecule has 34 heavy (non-hydrogen) atoms. The number of ether oxygens (including phenoxy) is 1. The Labute approximate surface area is 201 Å². The van der Waals surface area contributed by atoms with Crippen molar-refractivity contribution in [1.82, 2.24) is 15.2 Å². The first kappa shape index (κ1) is 26.9. The van der Waals surface area contributed by atoms with Gasteiger partial charge >= 0.3 is 5.97 Å². The number of nitrogens with one attached hydrogen (secondary N) is 2. The summed E-state index contributed by atoms with van der Waals surface area (Å²) in [6.07, 6.45) is 8.25. The molecular formula is C26H36N4O4. The van der Waals surface area contributed by atoms with Gasteiger partial charge in [0.15, 0.2) is 0 Å². The molecule has 4 N–H and O–H groups in total. The second-order valence-corrected chi connectivity index (χ2v) is 8.13. The van der Waals surface area contributed by atoms with Crippen LogP contribution in [0.25, 0.3) is 10.9 Å². The Morgan fingerprint density at radius 2 is 1.88 bits per heavy atom. The Bertz CT molecular complexity index is 998. The lowest BCUT2D eigenvalue weighted by molar-refractivity contribution is -0.145. The topological polar surface area (TPSA) is 115 Å². The van der Waals surface area contributed by atoms with E-state index in [0.717, 1.165) is 22.9 Å². The minimum absolute atomic E-state index is 0.230. The lowest BCUT2D eigenvalue weighted by atomic mass is 10.1. The number of rotatable bonds is 15. The number of hydrogen-bond acceptors (Lipinski definition) is 5. The Morgan fingerprint density at radius 3 is 2.56 bits per heavy atom. The minimum Gasteiger partial charge on any atom is -0.467 e. The molecule has 0 saturated heterocycles. The Morgan fingerprint density at radius 1 is 1.12 bits per heavy atom. The molecule has 0 fully saturated rings. The number of carbonyl (C=O) groups excluding carboxylic acids is 3. The van der Waals surface area contributed by atoms with Gasteiger partial charge in [0, 0.05) is 30.1 Å². The van der Waals surface area contributed by atoms with Gasteiger partial charge in [0.1, 0.15) is 12.1 Å². The van der Waals surface area contributed by atoms with Crippen LogP contribution in [-0.2, 0) is 32.1 Å². The number of nitrogens with two attached hydrogens (primary N) is 1. The number of unbranched alkanes of at least 4 members (excludes halogenated alkanes) is 1. The maximum absolute atomic E-state index is 12.9. The van der Waals surface area contributed by atoms with Gasteiger partial charge in [0.25, 0.3) is 0 Å². The molecule has 0 unspecified atom stereocenters. The van der Waals surface area contributed by atoms with E-state index in [9.17, 15) is 14.4 Å². The standard InChI is InChI=1S/C26H36N4O4/c1-4-10-22(26(33)34-3)29-25(32)21(12-8-9-16-27)28-24(31)15-14-19-18-30(17-5-2)23-13-7-6-11-20(19)23/h4-7,11,13,18,21-22H,1-2,8-10,12,14-17,27H2,3H3,(H,28,31)(H,29,32)/t21-,22-/m0/s1. The molecule has 1 aromatic heterocycles. The number of aryl methyl sites for hydroxylation is 1. The highest BCUT2D eigenvalue weighted by Gasteiger charge is 2.26. The van der Waals surface area contributed by atoms with Gasteiger partial charge in [-0.2, -0.15) is 0 Å². The molecule has 0 aliphatic carbocycles. The van der Waals surface area contributed by atoms with Crippen LogP contribution in [0.2, 0.25) is 0 Å². The van der Waals surface area contributed by atoms with E-state index in [0.29, 0.717) is 32.4 Å². The van der Waals surface area contributed by atoms with Crippen molar-refractivity contribution < 1.29 is 19.1 Å². The van der Waals surface area contributed by atoms with Gasteiger partial charge in [-0.05, 0) is 50.3 Å². The molecule has 0 aliphatic heterocycles. The van der Waals surface area contributed by atoms with Crippen molar-refractivity contribution in [3.8, 4) is 0 Å². The lowest BCUT2D eigenvalue weighted by Crippen LogP contribution is -2.51. The van der Waals surface area contributed by atoms with Crippen molar-refractivity contribution in [2.45, 2.75) is 57.2 Å². The molecule has 0 aliphatic rings. The number of allylic oxidation sites excluding steroid dienone is 1. The van der Waals surface area contributed by atoms with Crippen LogP contribution in [0.4, 0.5) is 0 Å². The molecule has 2 rings (SSSR count). The van der Waals surface area contributed by atoms with Crippen LogP contribution < -0.4 is 16.4 Å². The molecule has 184 valence electrons. The number of nitrogens with zero attached hydrogens (tertiary/aromatic N) is 1. The smallest absolute Gasteiger partial charge is 0.328 e. The third-order valence-corrected chi connectivity index (χ3v) is 5.62. The van der Waals surface area contributed by atoms with Crippen LogP contribution in [0, 0.1) is 0 Å². The number of aromatic nitrogens is 1. The summed E-state index contributed by atoms with van der Waals surface area (Å²) in [5, 5.41) is 6.61. The number of benzene rings is 1. The zero-order valence-electron chi connectivity index (χ0n) is 19.9. The van der Waals surface area contributed by atoms with Gasteiger partial charge in [-0.3, -0.25) is 9.59 Å². The summed E-state index contributed by atoms with van der Waals surface area (Å²) >= 11 is 0. The van der Waals surface area contributed by atoms with Crippen LogP contribution in [0.5, 0.6) is 0 Å². The van der Waals surface area contributed by atoms with Gasteiger partial charge in [0.2, 0.25) is 11.8 Å². The first-order chi connectivity index (χ1) is 16.4. The summed E-state index contributed by atoms with van der Waals surface area (Å²) < 4.78 is 6.86. The van der Waals surface area contributed by atoms with Crippen molar-refractivity contribution in [3.63, 3.8) is 0 Å². The van der Waals surface area contributed by atoms with Gasteiger partial charge in [0.05, 0.1) is 7.11 Å². The van der Waals surface area contributed by atoms with Crippen LogP contribution in [-0.4, -0.2) is 48.1 Å². The predicted octanol–water partition coefficient (Wildman–Crippen LogP) is 2.61. The van der Waals surface area contributed by atoms with Crippen molar-refractivity contribution in [3.05, 3.63) is 61.3 Å². The molecule has 2 amide bonds. The molecular weight excluding hydrogens is 432 g/mol. The molecule has 8 nitrogen and oxygen atoms in total. The first-order valence-electron chi connectivity index (χ1n) is 11.6. The van der Waals surface area contributed by atoms with E-state index >= 15 is 0 Å². The number of esters is 1. The summed E-state index contributed by atoms with van der Waals surface area (Å²) in [4.78, 5) is 37.6. The number of fused-ring (bicyclic) bond motifs is 1. The Kier molecular flexibility index (Phi) is 11.1. The van der Waals surface area contributed by atoms with Crippen molar-refractivity contribution in [2.24, 2.45) is 5.73 Å². The zero-order valence-corrected chi connectivity index (χ0v) is 19.9. The van der Waals surface area contributed by atoms with E-state index in [1.54, 1.807) is 0 Å². The van der Waals surface area contributed by atoms with Crippen molar-refractivity contribution in [1.29, 1.82) is 0 Å². The molecule has 1 heterocycles. The Balaban J connectivity index is 2.06. The number of carbonyl (C=O) groups is 3. The van der Waals surface area contributed by atoms with Crippen molar-refractivity contribution in [2.75, 3.05) is 13.7 Å². The van der Waals surface area contributed by atoms with E-state index in [4.69, 9.17) is 10.5 Å². The molecule has 0 radical (unpaired) electrons. The van der Waals surface area contributed by atoms with E-state index in [-0.39, 0.29) is 18.7 Å². The summed E-state index contributed by atoms with van der Waals surface area (Å²) in [7, 11) is 1.26. The summed E-state index contributed by atoms with van der Waals surface area (Å²) in [6.45, 7) is 8.61. The third kappa shape index (κ3) is 7.59. The number of para-hydroxylation sites is 1.